The monoisotopic (exact) mass is 294 g/mol. The molecular weight excluding hydrogens is 268 g/mol. The van der Waals surface area contributed by atoms with E-state index in [4.69, 9.17) is 9.25 Å². The molecule has 5 heteroatoms. The minimum Gasteiger partial charge on any atom is -0.472 e. The van der Waals surface area contributed by atoms with Crippen LogP contribution in [0.1, 0.15) is 44.1 Å². The van der Waals surface area contributed by atoms with E-state index in [1.165, 1.54) is 49.8 Å². The van der Waals surface area contributed by atoms with Crippen molar-refractivity contribution < 1.29 is 14.0 Å². The minimum absolute atomic E-state index is 0.0190. The fraction of sp³-hybridized carbons (Fsp3) is 0.688. The standard InChI is InChI=1S/C16H26N2O3/c1-17(20-2)16(19)8-10-18(12-14-9-11-21-13-14)15-6-4-3-5-7-15/h9,11,13,15H,3-8,10,12H2,1-2H3. The van der Waals surface area contributed by atoms with Gasteiger partial charge in [-0.1, -0.05) is 19.3 Å². The second-order valence-corrected chi connectivity index (χ2v) is 5.72. The number of hydroxylamine groups is 2. The van der Waals surface area contributed by atoms with Crippen LogP contribution in [0.2, 0.25) is 0 Å². The van der Waals surface area contributed by atoms with E-state index in [0.29, 0.717) is 12.5 Å². The summed E-state index contributed by atoms with van der Waals surface area (Å²) in [4.78, 5) is 19.3. The zero-order valence-electron chi connectivity index (χ0n) is 13.1. The van der Waals surface area contributed by atoms with E-state index in [1.54, 1.807) is 19.6 Å². The predicted octanol–water partition coefficient (Wildman–Crippen LogP) is 2.82. The molecule has 0 N–H and O–H groups in total. The van der Waals surface area contributed by atoms with Gasteiger partial charge in [0.2, 0.25) is 5.91 Å². The second-order valence-electron chi connectivity index (χ2n) is 5.72. The molecule has 1 aliphatic carbocycles. The fourth-order valence-electron chi connectivity index (χ4n) is 2.95. The van der Waals surface area contributed by atoms with Crippen molar-refractivity contribution in [2.75, 3.05) is 20.7 Å². The van der Waals surface area contributed by atoms with E-state index in [1.807, 2.05) is 6.07 Å². The topological polar surface area (TPSA) is 45.9 Å². The summed E-state index contributed by atoms with van der Waals surface area (Å²) in [6.07, 6.45) is 10.4. The van der Waals surface area contributed by atoms with Crippen LogP contribution in [0.5, 0.6) is 0 Å². The van der Waals surface area contributed by atoms with Crippen molar-refractivity contribution in [2.24, 2.45) is 0 Å². The molecule has 1 heterocycles. The number of hydrogen-bond donors (Lipinski definition) is 0. The SMILES string of the molecule is CON(C)C(=O)CCN(Cc1ccoc1)C1CCCCC1. The molecule has 0 saturated heterocycles. The molecule has 1 amide bonds. The highest BCUT2D eigenvalue weighted by atomic mass is 16.7. The van der Waals surface area contributed by atoms with Gasteiger partial charge >= 0.3 is 0 Å². The molecule has 21 heavy (non-hydrogen) atoms. The maximum absolute atomic E-state index is 11.9. The van der Waals surface area contributed by atoms with Gasteiger partial charge in [-0.2, -0.15) is 0 Å². The van der Waals surface area contributed by atoms with Gasteiger partial charge in [0.15, 0.2) is 0 Å². The number of carbonyl (C=O) groups excluding carboxylic acids is 1. The molecule has 0 aromatic carbocycles. The third-order valence-electron chi connectivity index (χ3n) is 4.29. The summed E-state index contributed by atoms with van der Waals surface area (Å²) in [6.45, 7) is 1.62. The first-order valence-corrected chi connectivity index (χ1v) is 7.76. The van der Waals surface area contributed by atoms with Crippen LogP contribution < -0.4 is 0 Å². The van der Waals surface area contributed by atoms with E-state index in [0.717, 1.165) is 13.1 Å². The van der Waals surface area contributed by atoms with Gasteiger partial charge in [0, 0.05) is 38.2 Å². The Kier molecular flexibility index (Phi) is 6.26. The maximum atomic E-state index is 11.9. The lowest BCUT2D eigenvalue weighted by molar-refractivity contribution is -0.169. The Labute approximate surface area is 126 Å². The molecular formula is C16H26N2O3. The molecule has 1 saturated carbocycles. The Morgan fingerprint density at radius 1 is 1.38 bits per heavy atom. The molecule has 118 valence electrons. The van der Waals surface area contributed by atoms with E-state index in [2.05, 4.69) is 4.90 Å². The van der Waals surface area contributed by atoms with Gasteiger partial charge in [0.25, 0.3) is 0 Å². The molecule has 1 aromatic heterocycles. The molecule has 0 radical (unpaired) electrons. The highest BCUT2D eigenvalue weighted by Crippen LogP contribution is 2.24. The first kappa shape index (κ1) is 16.0. The lowest BCUT2D eigenvalue weighted by Crippen LogP contribution is -2.39. The number of rotatable bonds is 7. The van der Waals surface area contributed by atoms with Crippen LogP contribution in [-0.2, 0) is 16.2 Å². The normalized spacial score (nSPS) is 16.3. The van der Waals surface area contributed by atoms with Gasteiger partial charge in [-0.05, 0) is 18.9 Å². The van der Waals surface area contributed by atoms with Gasteiger partial charge < -0.3 is 4.42 Å². The molecule has 5 nitrogen and oxygen atoms in total. The number of carbonyl (C=O) groups is 1. The van der Waals surface area contributed by atoms with Gasteiger partial charge in [0.1, 0.15) is 0 Å². The molecule has 1 aliphatic rings. The first-order valence-electron chi connectivity index (χ1n) is 7.76. The maximum Gasteiger partial charge on any atom is 0.247 e. The van der Waals surface area contributed by atoms with Crippen LogP contribution in [0, 0.1) is 0 Å². The zero-order chi connectivity index (χ0) is 15.1. The summed E-state index contributed by atoms with van der Waals surface area (Å²) in [5.41, 5.74) is 1.17. The van der Waals surface area contributed by atoms with Gasteiger partial charge in [-0.3, -0.25) is 14.5 Å². The van der Waals surface area contributed by atoms with E-state index < -0.39 is 0 Å². The minimum atomic E-state index is 0.0190. The van der Waals surface area contributed by atoms with Gasteiger partial charge in [-0.15, -0.1) is 0 Å². The average Bonchev–Trinajstić information content (AvgIpc) is 3.04. The number of amides is 1. The van der Waals surface area contributed by atoms with Crippen LogP contribution in [-0.4, -0.2) is 42.6 Å². The van der Waals surface area contributed by atoms with E-state index in [-0.39, 0.29) is 5.91 Å². The predicted molar refractivity (Wildman–Crippen MR) is 80.4 cm³/mol. The third kappa shape index (κ3) is 4.86. The van der Waals surface area contributed by atoms with E-state index >= 15 is 0 Å². The van der Waals surface area contributed by atoms with Crippen molar-refractivity contribution in [3.63, 3.8) is 0 Å². The van der Waals surface area contributed by atoms with Crippen molar-refractivity contribution in [2.45, 2.75) is 51.1 Å². The first-order chi connectivity index (χ1) is 10.2. The lowest BCUT2D eigenvalue weighted by atomic mass is 9.94. The van der Waals surface area contributed by atoms with Gasteiger partial charge in [0.05, 0.1) is 19.6 Å². The average molecular weight is 294 g/mol. The molecule has 2 rings (SSSR count). The van der Waals surface area contributed by atoms with Crippen LogP contribution in [0.3, 0.4) is 0 Å². The largest absolute Gasteiger partial charge is 0.472 e. The summed E-state index contributed by atoms with van der Waals surface area (Å²) >= 11 is 0. The van der Waals surface area contributed by atoms with Crippen molar-refractivity contribution >= 4 is 5.91 Å². The Morgan fingerprint density at radius 2 is 2.14 bits per heavy atom. The Balaban J connectivity index is 1.92. The summed E-state index contributed by atoms with van der Waals surface area (Å²) in [7, 11) is 3.17. The summed E-state index contributed by atoms with van der Waals surface area (Å²) in [6, 6.07) is 2.58. The van der Waals surface area contributed by atoms with Gasteiger partial charge in [-0.25, -0.2) is 5.06 Å². The van der Waals surface area contributed by atoms with Crippen LogP contribution >= 0.6 is 0 Å². The summed E-state index contributed by atoms with van der Waals surface area (Å²) in [5.74, 6) is 0.0190. The number of nitrogens with zero attached hydrogens (tertiary/aromatic N) is 2. The molecule has 0 atom stereocenters. The molecule has 0 unspecified atom stereocenters. The highest BCUT2D eigenvalue weighted by Gasteiger charge is 2.22. The Morgan fingerprint density at radius 3 is 2.76 bits per heavy atom. The third-order valence-corrected chi connectivity index (χ3v) is 4.29. The lowest BCUT2D eigenvalue weighted by Gasteiger charge is -2.34. The highest BCUT2D eigenvalue weighted by molar-refractivity contribution is 5.74. The second kappa shape index (κ2) is 8.20. The van der Waals surface area contributed by atoms with Crippen molar-refractivity contribution in [1.29, 1.82) is 0 Å². The molecule has 1 fully saturated rings. The molecule has 0 spiro atoms. The fourth-order valence-corrected chi connectivity index (χ4v) is 2.95. The van der Waals surface area contributed by atoms with Crippen molar-refractivity contribution in [1.82, 2.24) is 9.96 Å². The smallest absolute Gasteiger partial charge is 0.247 e. The zero-order valence-corrected chi connectivity index (χ0v) is 13.1. The van der Waals surface area contributed by atoms with Crippen molar-refractivity contribution in [3.05, 3.63) is 24.2 Å². The van der Waals surface area contributed by atoms with Crippen LogP contribution in [0.15, 0.2) is 23.0 Å². The molecule has 0 bridgehead atoms. The summed E-state index contributed by atoms with van der Waals surface area (Å²) in [5, 5.41) is 1.30. The Bertz CT molecular complexity index is 413. The number of hydrogen-bond acceptors (Lipinski definition) is 4. The van der Waals surface area contributed by atoms with Crippen molar-refractivity contribution in [3.8, 4) is 0 Å². The molecule has 0 aliphatic heterocycles. The number of furan rings is 1. The van der Waals surface area contributed by atoms with E-state index in [9.17, 15) is 4.79 Å². The Hall–Kier alpha value is -1.33. The molecule has 1 aromatic rings. The summed E-state index contributed by atoms with van der Waals surface area (Å²) < 4.78 is 5.16. The van der Waals surface area contributed by atoms with Crippen LogP contribution in [0.4, 0.5) is 0 Å². The van der Waals surface area contributed by atoms with Crippen LogP contribution in [0.25, 0.3) is 0 Å². The quantitative estimate of drug-likeness (QED) is 0.725.